The molecule has 0 saturated carbocycles. The first-order valence-electron chi connectivity index (χ1n) is 10.5. The number of aliphatic hydroxyl groups is 3. The highest BCUT2D eigenvalue weighted by molar-refractivity contribution is 5.68. The van der Waals surface area contributed by atoms with Crippen molar-refractivity contribution >= 4 is 23.9 Å². The Bertz CT molecular complexity index is 756. The molecule has 14 heteroatoms. The van der Waals surface area contributed by atoms with Gasteiger partial charge in [0.25, 0.3) is 0 Å². The van der Waals surface area contributed by atoms with Crippen LogP contribution in [-0.2, 0) is 52.3 Å². The maximum absolute atomic E-state index is 11.8. The number of carbonyl (C=O) groups is 4. The summed E-state index contributed by atoms with van der Waals surface area (Å²) < 4.78 is 37.2. The smallest absolute Gasteiger partial charge is 0.303 e. The van der Waals surface area contributed by atoms with Gasteiger partial charge < -0.3 is 48.5 Å². The van der Waals surface area contributed by atoms with Gasteiger partial charge in [0.05, 0.1) is 6.10 Å². The first-order chi connectivity index (χ1) is 15.8. The molecule has 2 aliphatic heterocycles. The molecule has 3 N–H and O–H groups in total. The van der Waals surface area contributed by atoms with Crippen molar-refractivity contribution in [3.05, 3.63) is 0 Å². The van der Waals surface area contributed by atoms with E-state index in [0.717, 1.165) is 27.7 Å². The van der Waals surface area contributed by atoms with E-state index in [0.29, 0.717) is 0 Å². The van der Waals surface area contributed by atoms with Crippen LogP contribution < -0.4 is 0 Å². The molecule has 0 aliphatic carbocycles. The molecule has 34 heavy (non-hydrogen) atoms. The molecule has 0 aromatic carbocycles. The average Bonchev–Trinajstić information content (AvgIpc) is 2.71. The molecule has 0 unspecified atom stereocenters. The van der Waals surface area contributed by atoms with Crippen LogP contribution in [0.2, 0.25) is 0 Å². The monoisotopic (exact) mass is 494 g/mol. The summed E-state index contributed by atoms with van der Waals surface area (Å²) in [6.07, 6.45) is -14.7. The van der Waals surface area contributed by atoms with E-state index in [1.807, 2.05) is 0 Å². The second kappa shape index (κ2) is 11.9. The van der Waals surface area contributed by atoms with E-state index in [2.05, 4.69) is 0 Å². The molecule has 2 saturated heterocycles. The van der Waals surface area contributed by atoms with Crippen LogP contribution in [0.5, 0.6) is 0 Å². The minimum Gasteiger partial charge on any atom is -0.463 e. The van der Waals surface area contributed by atoms with Crippen molar-refractivity contribution in [3.8, 4) is 0 Å². The first kappa shape index (κ1) is 27.9. The van der Waals surface area contributed by atoms with Crippen LogP contribution in [0.4, 0.5) is 0 Å². The number of hydrogen-bond acceptors (Lipinski definition) is 14. The van der Waals surface area contributed by atoms with Crippen molar-refractivity contribution in [1.82, 2.24) is 0 Å². The van der Waals surface area contributed by atoms with Crippen LogP contribution in [0.15, 0.2) is 0 Å². The molecule has 0 radical (unpaired) electrons. The zero-order chi connectivity index (χ0) is 25.7. The Morgan fingerprint density at radius 1 is 0.706 bits per heavy atom. The topological polar surface area (TPSA) is 194 Å². The molecule has 2 heterocycles. The summed E-state index contributed by atoms with van der Waals surface area (Å²) >= 11 is 0. The zero-order valence-corrected chi connectivity index (χ0v) is 19.3. The highest BCUT2D eigenvalue weighted by Gasteiger charge is 2.55. The van der Waals surface area contributed by atoms with Crippen LogP contribution >= 0.6 is 0 Å². The number of esters is 4. The predicted octanol–water partition coefficient (Wildman–Crippen LogP) is -2.09. The normalized spacial score (nSPS) is 37.9. The molecule has 2 aliphatic rings. The number of rotatable bonds is 7. The van der Waals surface area contributed by atoms with E-state index < -0.39 is 91.9 Å². The third-order valence-corrected chi connectivity index (χ3v) is 5.04. The third kappa shape index (κ3) is 7.07. The summed E-state index contributed by atoms with van der Waals surface area (Å²) in [5, 5.41) is 30.8. The summed E-state index contributed by atoms with van der Waals surface area (Å²) in [5.41, 5.74) is 0. The van der Waals surface area contributed by atoms with Crippen molar-refractivity contribution in [1.29, 1.82) is 0 Å². The zero-order valence-electron chi connectivity index (χ0n) is 19.3. The van der Waals surface area contributed by atoms with Gasteiger partial charge in [-0.2, -0.15) is 0 Å². The Balaban J connectivity index is 2.44. The van der Waals surface area contributed by atoms with Gasteiger partial charge in [-0.05, 0) is 6.92 Å². The van der Waals surface area contributed by atoms with E-state index in [1.54, 1.807) is 0 Å². The van der Waals surface area contributed by atoms with Gasteiger partial charge in [0, 0.05) is 27.7 Å². The molecule has 0 amide bonds. The molecule has 0 spiro atoms. The van der Waals surface area contributed by atoms with Gasteiger partial charge in [-0.15, -0.1) is 0 Å². The van der Waals surface area contributed by atoms with E-state index in [9.17, 15) is 34.5 Å². The van der Waals surface area contributed by atoms with E-state index in [1.165, 1.54) is 6.92 Å². The van der Waals surface area contributed by atoms with Gasteiger partial charge in [0.2, 0.25) is 0 Å². The molecule has 0 aromatic rings. The highest BCUT2D eigenvalue weighted by Crippen LogP contribution is 2.32. The van der Waals surface area contributed by atoms with Crippen LogP contribution in [0, 0.1) is 0 Å². The quantitative estimate of drug-likeness (QED) is 0.258. The lowest BCUT2D eigenvalue weighted by molar-refractivity contribution is -0.360. The van der Waals surface area contributed by atoms with Crippen molar-refractivity contribution in [3.63, 3.8) is 0 Å². The lowest BCUT2D eigenvalue weighted by Crippen LogP contribution is -2.65. The minimum absolute atomic E-state index is 0.483. The number of carbonyl (C=O) groups excluding carboxylic acids is 4. The molecule has 2 fully saturated rings. The van der Waals surface area contributed by atoms with Crippen molar-refractivity contribution in [2.24, 2.45) is 0 Å². The molecule has 0 aromatic heterocycles. The van der Waals surface area contributed by atoms with Crippen LogP contribution in [0.25, 0.3) is 0 Å². The molecule has 194 valence electrons. The van der Waals surface area contributed by atoms with Crippen molar-refractivity contribution in [2.75, 3.05) is 6.61 Å². The van der Waals surface area contributed by atoms with Crippen LogP contribution in [0.3, 0.4) is 0 Å². The summed E-state index contributed by atoms with van der Waals surface area (Å²) in [6, 6.07) is 0. The van der Waals surface area contributed by atoms with Gasteiger partial charge in [-0.1, -0.05) is 0 Å². The molecule has 2 rings (SSSR count). The summed E-state index contributed by atoms with van der Waals surface area (Å²) in [4.78, 5) is 46.7. The van der Waals surface area contributed by atoms with Crippen LogP contribution in [-0.4, -0.2) is 107 Å². The Labute approximate surface area is 194 Å². The molecular formula is C20H30O14. The van der Waals surface area contributed by atoms with Crippen molar-refractivity contribution in [2.45, 2.75) is 96.0 Å². The van der Waals surface area contributed by atoms with Gasteiger partial charge in [-0.25, -0.2) is 0 Å². The SMILES string of the molecule is CC(=O)OC[C@H]1O[C@@H](O[C@@H]2[C@@H](O)[C@@H](O)[C@@H](C)O[C@@H]2O)[C@H](OC(C)=O)[C@@H](OC(C)=O)[C@@H]1OC(C)=O. The van der Waals surface area contributed by atoms with E-state index in [-0.39, 0.29) is 0 Å². The minimum atomic E-state index is -1.72. The fourth-order valence-corrected chi connectivity index (χ4v) is 3.62. The van der Waals surface area contributed by atoms with Crippen molar-refractivity contribution < 1.29 is 67.7 Å². The Morgan fingerprint density at radius 3 is 1.76 bits per heavy atom. The molecule has 0 bridgehead atoms. The van der Waals surface area contributed by atoms with E-state index in [4.69, 9.17) is 33.2 Å². The predicted molar refractivity (Wildman–Crippen MR) is 105 cm³/mol. The Hall–Kier alpha value is -2.36. The maximum Gasteiger partial charge on any atom is 0.303 e. The standard InChI is InChI=1S/C20H30O14/c1-7-13(25)14(26)16(19(27)29-7)34-20-18(32-11(5)24)17(31-10(4)23)15(30-9(3)22)12(33-20)6-28-8(2)21/h7,12-20,25-27H,6H2,1-5H3/t7-,12-,13+,14+,15-,16-,17+,18-,19+,20+/m1/s1. The second-order valence-electron chi connectivity index (χ2n) is 7.88. The fraction of sp³-hybridized carbons (Fsp3) is 0.800. The third-order valence-electron chi connectivity index (χ3n) is 5.04. The lowest BCUT2D eigenvalue weighted by atomic mass is 9.97. The summed E-state index contributed by atoms with van der Waals surface area (Å²) in [5.74, 6) is -3.19. The fourth-order valence-electron chi connectivity index (χ4n) is 3.62. The van der Waals surface area contributed by atoms with Gasteiger partial charge in [-0.3, -0.25) is 19.2 Å². The van der Waals surface area contributed by atoms with Gasteiger partial charge >= 0.3 is 23.9 Å². The summed E-state index contributed by atoms with van der Waals surface area (Å²) in [6.45, 7) is 5.24. The average molecular weight is 494 g/mol. The Kier molecular flexibility index (Phi) is 9.73. The Morgan fingerprint density at radius 2 is 1.24 bits per heavy atom. The largest absolute Gasteiger partial charge is 0.463 e. The number of hydrogen-bond donors (Lipinski definition) is 3. The highest BCUT2D eigenvalue weighted by atomic mass is 16.8. The number of aliphatic hydroxyl groups excluding tert-OH is 3. The van der Waals surface area contributed by atoms with E-state index >= 15 is 0 Å². The maximum atomic E-state index is 11.8. The summed E-state index contributed by atoms with van der Waals surface area (Å²) in [7, 11) is 0. The molecular weight excluding hydrogens is 464 g/mol. The number of ether oxygens (including phenoxy) is 7. The first-order valence-corrected chi connectivity index (χ1v) is 10.5. The van der Waals surface area contributed by atoms with Gasteiger partial charge in [0.1, 0.15) is 31.0 Å². The second-order valence-corrected chi connectivity index (χ2v) is 7.88. The molecule has 10 atom stereocenters. The lowest BCUT2D eigenvalue weighted by Gasteiger charge is -2.46. The molecule has 14 nitrogen and oxygen atoms in total. The van der Waals surface area contributed by atoms with Gasteiger partial charge in [0.15, 0.2) is 30.9 Å². The van der Waals surface area contributed by atoms with Crippen LogP contribution in [0.1, 0.15) is 34.6 Å².